The number of rotatable bonds is 8. The fourth-order valence-electron chi connectivity index (χ4n) is 3.12. The van der Waals surface area contributed by atoms with Crippen LogP contribution in [0.3, 0.4) is 0 Å². The van der Waals surface area contributed by atoms with Crippen LogP contribution in [0.5, 0.6) is 0 Å². The third-order valence-corrected chi connectivity index (χ3v) is 6.25. The van der Waals surface area contributed by atoms with Crippen LogP contribution in [-0.2, 0) is 32.4 Å². The number of carbonyl (C=O) groups is 1. The minimum absolute atomic E-state index is 0.113. The van der Waals surface area contributed by atoms with E-state index in [0.717, 1.165) is 11.1 Å². The van der Waals surface area contributed by atoms with Crippen molar-refractivity contribution in [3.63, 3.8) is 0 Å². The van der Waals surface area contributed by atoms with Crippen molar-refractivity contribution in [3.05, 3.63) is 65.7 Å². The zero-order valence-corrected chi connectivity index (χ0v) is 16.7. The first kappa shape index (κ1) is 20.5. The molecule has 3 rings (SSSR count). The lowest BCUT2D eigenvalue weighted by atomic mass is 10.1. The van der Waals surface area contributed by atoms with Crippen LogP contribution in [0.25, 0.3) is 0 Å². The Morgan fingerprint density at radius 2 is 1.57 bits per heavy atom. The number of ether oxygens (including phenoxy) is 1. The molecule has 0 aliphatic carbocycles. The van der Waals surface area contributed by atoms with Gasteiger partial charge in [0.05, 0.1) is 18.1 Å². The highest BCUT2D eigenvalue weighted by atomic mass is 32.2. The zero-order chi connectivity index (χ0) is 19.8. The Hall–Kier alpha value is -2.22. The number of carbonyl (C=O) groups excluding carboxylic acids is 1. The normalized spacial score (nSPS) is 14.8. The molecule has 0 radical (unpaired) electrons. The van der Waals surface area contributed by atoms with E-state index in [1.807, 2.05) is 35.2 Å². The second-order valence-electron chi connectivity index (χ2n) is 6.77. The molecule has 0 unspecified atom stereocenters. The number of sulfonamides is 1. The molecule has 7 heteroatoms. The van der Waals surface area contributed by atoms with Crippen molar-refractivity contribution in [2.75, 3.05) is 32.8 Å². The number of aryl methyl sites for hydroxylation is 1. The summed E-state index contributed by atoms with van der Waals surface area (Å²) in [5.41, 5.74) is 2.04. The zero-order valence-electron chi connectivity index (χ0n) is 15.8. The van der Waals surface area contributed by atoms with Crippen molar-refractivity contribution < 1.29 is 17.9 Å². The molecule has 1 fully saturated rings. The van der Waals surface area contributed by atoms with Crippen LogP contribution in [0.15, 0.2) is 59.5 Å². The second kappa shape index (κ2) is 9.82. The van der Waals surface area contributed by atoms with Crippen LogP contribution in [0.2, 0.25) is 0 Å². The minimum Gasteiger partial charge on any atom is -0.378 e. The molecule has 0 spiro atoms. The van der Waals surface area contributed by atoms with E-state index < -0.39 is 10.0 Å². The number of benzene rings is 2. The first-order valence-electron chi connectivity index (χ1n) is 9.53. The molecular formula is C21H26N2O4S. The van der Waals surface area contributed by atoms with Crippen LogP contribution in [0.1, 0.15) is 17.5 Å². The van der Waals surface area contributed by atoms with E-state index in [1.165, 1.54) is 0 Å². The van der Waals surface area contributed by atoms with Gasteiger partial charge in [-0.3, -0.25) is 4.79 Å². The van der Waals surface area contributed by atoms with Crippen LogP contribution >= 0.6 is 0 Å². The van der Waals surface area contributed by atoms with E-state index in [9.17, 15) is 13.2 Å². The SMILES string of the molecule is O=C(CCc1ccc(S(=O)(=O)NCCc2ccccc2)cc1)N1CCOCC1. The molecule has 1 amide bonds. The monoisotopic (exact) mass is 402 g/mol. The third kappa shape index (κ3) is 5.89. The van der Waals surface area contributed by atoms with E-state index >= 15 is 0 Å². The summed E-state index contributed by atoms with van der Waals surface area (Å²) in [6, 6.07) is 16.5. The Balaban J connectivity index is 1.49. The maximum Gasteiger partial charge on any atom is 0.240 e. The third-order valence-electron chi connectivity index (χ3n) is 4.77. The highest BCUT2D eigenvalue weighted by Crippen LogP contribution is 2.13. The average molecular weight is 403 g/mol. The summed E-state index contributed by atoms with van der Waals surface area (Å²) in [6.45, 7) is 2.82. The van der Waals surface area contributed by atoms with Crippen molar-refractivity contribution in [3.8, 4) is 0 Å². The van der Waals surface area contributed by atoms with Gasteiger partial charge in [-0.05, 0) is 36.1 Å². The number of nitrogens with one attached hydrogen (secondary N) is 1. The molecular weight excluding hydrogens is 376 g/mol. The molecule has 1 heterocycles. The summed E-state index contributed by atoms with van der Waals surface area (Å²) in [5.74, 6) is 0.113. The average Bonchev–Trinajstić information content (AvgIpc) is 2.73. The molecule has 2 aromatic rings. The molecule has 0 saturated carbocycles. The van der Waals surface area contributed by atoms with Crippen molar-refractivity contribution in [2.45, 2.75) is 24.2 Å². The lowest BCUT2D eigenvalue weighted by Crippen LogP contribution is -2.40. The Labute approximate surface area is 166 Å². The molecule has 1 N–H and O–H groups in total. The van der Waals surface area contributed by atoms with Gasteiger partial charge in [0.2, 0.25) is 15.9 Å². The molecule has 2 aromatic carbocycles. The highest BCUT2D eigenvalue weighted by molar-refractivity contribution is 7.89. The predicted molar refractivity (Wildman–Crippen MR) is 107 cm³/mol. The molecule has 28 heavy (non-hydrogen) atoms. The summed E-state index contributed by atoms with van der Waals surface area (Å²) in [4.78, 5) is 14.3. The van der Waals surface area contributed by atoms with Crippen molar-refractivity contribution >= 4 is 15.9 Å². The summed E-state index contributed by atoms with van der Waals surface area (Å²) in [7, 11) is -3.53. The molecule has 1 aliphatic rings. The number of nitrogens with zero attached hydrogens (tertiary/aromatic N) is 1. The molecule has 1 aliphatic heterocycles. The first-order chi connectivity index (χ1) is 13.5. The van der Waals surface area contributed by atoms with Gasteiger partial charge in [0.15, 0.2) is 0 Å². The van der Waals surface area contributed by atoms with E-state index in [-0.39, 0.29) is 10.8 Å². The molecule has 1 saturated heterocycles. The molecule has 0 atom stereocenters. The smallest absolute Gasteiger partial charge is 0.240 e. The number of morpholine rings is 1. The fourth-order valence-corrected chi connectivity index (χ4v) is 4.15. The van der Waals surface area contributed by atoms with Gasteiger partial charge in [0.25, 0.3) is 0 Å². The highest BCUT2D eigenvalue weighted by Gasteiger charge is 2.17. The summed E-state index contributed by atoms with van der Waals surface area (Å²) in [6.07, 6.45) is 1.65. The minimum atomic E-state index is -3.53. The van der Waals surface area contributed by atoms with Crippen LogP contribution in [0.4, 0.5) is 0 Å². The summed E-state index contributed by atoms with van der Waals surface area (Å²) >= 11 is 0. The molecule has 0 aromatic heterocycles. The summed E-state index contributed by atoms with van der Waals surface area (Å²) < 4.78 is 32.7. The number of hydrogen-bond acceptors (Lipinski definition) is 4. The van der Waals surface area contributed by atoms with Crippen molar-refractivity contribution in [2.24, 2.45) is 0 Å². The Morgan fingerprint density at radius 3 is 2.25 bits per heavy atom. The lowest BCUT2D eigenvalue weighted by Gasteiger charge is -2.26. The van der Waals surface area contributed by atoms with Crippen molar-refractivity contribution in [1.29, 1.82) is 0 Å². The first-order valence-corrected chi connectivity index (χ1v) is 11.0. The molecule has 150 valence electrons. The van der Waals surface area contributed by atoms with Gasteiger partial charge in [-0.1, -0.05) is 42.5 Å². The van der Waals surface area contributed by atoms with Gasteiger partial charge >= 0.3 is 0 Å². The van der Waals surface area contributed by atoms with E-state index in [4.69, 9.17) is 4.74 Å². The predicted octanol–water partition coefficient (Wildman–Crippen LogP) is 2.00. The number of amides is 1. The standard InChI is InChI=1S/C21H26N2O4S/c24-21(23-14-16-27-17-15-23)11-8-19-6-9-20(10-7-19)28(25,26)22-13-12-18-4-2-1-3-5-18/h1-7,9-10,22H,8,11-17H2. The molecule has 0 bridgehead atoms. The largest absolute Gasteiger partial charge is 0.378 e. The Bertz CT molecular complexity index is 861. The van der Waals surface area contributed by atoms with Gasteiger partial charge in [-0.2, -0.15) is 0 Å². The van der Waals surface area contributed by atoms with Crippen LogP contribution in [0, 0.1) is 0 Å². The van der Waals surface area contributed by atoms with Crippen molar-refractivity contribution in [1.82, 2.24) is 9.62 Å². The maximum absolute atomic E-state index is 12.4. The van der Waals surface area contributed by atoms with Gasteiger partial charge in [0.1, 0.15) is 0 Å². The molecule has 6 nitrogen and oxygen atoms in total. The van der Waals surface area contributed by atoms with E-state index in [1.54, 1.807) is 24.3 Å². The Kier molecular flexibility index (Phi) is 7.19. The number of hydrogen-bond donors (Lipinski definition) is 1. The quantitative estimate of drug-likeness (QED) is 0.733. The topological polar surface area (TPSA) is 75.7 Å². The summed E-state index contributed by atoms with van der Waals surface area (Å²) in [5, 5.41) is 0. The van der Waals surface area contributed by atoms with Crippen LogP contribution < -0.4 is 4.72 Å². The lowest BCUT2D eigenvalue weighted by molar-refractivity contribution is -0.135. The Morgan fingerprint density at radius 1 is 0.929 bits per heavy atom. The van der Waals surface area contributed by atoms with Crippen LogP contribution in [-0.4, -0.2) is 52.1 Å². The van der Waals surface area contributed by atoms with Gasteiger partial charge < -0.3 is 9.64 Å². The van der Waals surface area contributed by atoms with Gasteiger partial charge in [-0.15, -0.1) is 0 Å². The van der Waals surface area contributed by atoms with Gasteiger partial charge in [0, 0.05) is 26.1 Å². The van der Waals surface area contributed by atoms with E-state index in [0.29, 0.717) is 52.1 Å². The van der Waals surface area contributed by atoms with Gasteiger partial charge in [-0.25, -0.2) is 13.1 Å². The van der Waals surface area contributed by atoms with E-state index in [2.05, 4.69) is 4.72 Å². The second-order valence-corrected chi connectivity index (χ2v) is 8.54. The fraction of sp³-hybridized carbons (Fsp3) is 0.381. The maximum atomic E-state index is 12.4.